The second kappa shape index (κ2) is 9.98. The van der Waals surface area contributed by atoms with Crippen LogP contribution in [0.4, 0.5) is 25.3 Å². The predicted molar refractivity (Wildman–Crippen MR) is 132 cm³/mol. The number of aryl methyl sites for hydroxylation is 2. The number of anilines is 3. The molecule has 0 atom stereocenters. The number of thiazole rings is 1. The fraction of sp³-hybridized carbons (Fsp3) is 0.120. The van der Waals surface area contributed by atoms with Gasteiger partial charge in [0.25, 0.3) is 0 Å². The zero-order valence-corrected chi connectivity index (χ0v) is 19.9. The molecule has 0 unspecified atom stereocenters. The van der Waals surface area contributed by atoms with Crippen LogP contribution >= 0.6 is 11.3 Å². The number of carbonyl (C=O) groups excluding carboxylic acids is 2. The van der Waals surface area contributed by atoms with Crippen molar-refractivity contribution in [3.8, 4) is 5.69 Å². The quantitative estimate of drug-likeness (QED) is 0.357. The summed E-state index contributed by atoms with van der Waals surface area (Å²) >= 11 is 1.14. The molecule has 0 radical (unpaired) electrons. The first-order valence-electron chi connectivity index (χ1n) is 10.6. The van der Waals surface area contributed by atoms with Gasteiger partial charge < -0.3 is 5.32 Å². The second-order valence-corrected chi connectivity index (χ2v) is 8.53. The minimum Gasteiger partial charge on any atom is -0.322 e. The molecule has 0 spiro atoms. The van der Waals surface area contributed by atoms with E-state index in [1.54, 1.807) is 23.6 Å². The van der Waals surface area contributed by atoms with E-state index in [4.69, 9.17) is 0 Å². The first-order valence-corrected chi connectivity index (χ1v) is 11.4. The molecule has 35 heavy (non-hydrogen) atoms. The fourth-order valence-electron chi connectivity index (χ4n) is 3.47. The topological polar surface area (TPSA) is 80.1 Å². The number of aromatic nitrogens is 3. The second-order valence-electron chi connectivity index (χ2n) is 7.69. The molecule has 0 aliphatic rings. The number of amides is 2. The Bertz CT molecular complexity index is 1440. The summed E-state index contributed by atoms with van der Waals surface area (Å²) in [6, 6.07) is 12.1. The number of rotatable bonds is 6. The van der Waals surface area contributed by atoms with Gasteiger partial charge in [-0.25, -0.2) is 18.4 Å². The van der Waals surface area contributed by atoms with E-state index < -0.39 is 23.4 Å². The highest BCUT2D eigenvalue weighted by molar-refractivity contribution is 7.14. The lowest BCUT2D eigenvalue weighted by atomic mass is 10.2. The van der Waals surface area contributed by atoms with E-state index in [1.165, 1.54) is 52.9 Å². The Hall–Kier alpha value is -4.18. The lowest BCUT2D eigenvalue weighted by Gasteiger charge is -2.18. The highest BCUT2D eigenvalue weighted by Gasteiger charge is 2.20. The summed E-state index contributed by atoms with van der Waals surface area (Å²) < 4.78 is 30.4. The Labute approximate surface area is 204 Å². The summed E-state index contributed by atoms with van der Waals surface area (Å²) in [5.74, 6) is -1.97. The number of benzene rings is 2. The molecular formula is C25H21F2N5O2S. The van der Waals surface area contributed by atoms with E-state index in [0.717, 1.165) is 22.7 Å². The van der Waals surface area contributed by atoms with Crippen LogP contribution in [0.1, 0.15) is 24.0 Å². The van der Waals surface area contributed by atoms with Crippen molar-refractivity contribution in [1.82, 2.24) is 14.8 Å². The number of carbonyl (C=O) groups is 2. The number of nitrogens with one attached hydrogen (secondary N) is 1. The average molecular weight is 494 g/mol. The van der Waals surface area contributed by atoms with Gasteiger partial charge in [-0.3, -0.25) is 14.5 Å². The molecule has 0 aliphatic carbocycles. The molecule has 0 saturated heterocycles. The van der Waals surface area contributed by atoms with Gasteiger partial charge in [0.15, 0.2) is 10.9 Å². The van der Waals surface area contributed by atoms with Crippen LogP contribution in [0.2, 0.25) is 0 Å². The fourth-order valence-corrected chi connectivity index (χ4v) is 4.32. The molecule has 0 saturated carbocycles. The molecule has 2 amide bonds. The standard InChI is InChI=1S/C25H21F2N5O2S/c1-15-12-16(2)32(30-15)23-10-8-18(13-21(23)27)28-24(34)11-9-19-14-35-25(29-19)31(17(3)33)22-7-5-4-6-20(22)26/h4-14H,1-3H3,(H,28,34)/b11-9+. The molecule has 2 aromatic heterocycles. The average Bonchev–Trinajstić information content (AvgIpc) is 3.39. The highest BCUT2D eigenvalue weighted by atomic mass is 32.1. The van der Waals surface area contributed by atoms with Gasteiger partial charge in [-0.15, -0.1) is 11.3 Å². The first-order chi connectivity index (χ1) is 16.7. The third-order valence-electron chi connectivity index (χ3n) is 4.97. The number of halogens is 2. The number of hydrogen-bond donors (Lipinski definition) is 1. The van der Waals surface area contributed by atoms with Crippen molar-refractivity contribution in [2.45, 2.75) is 20.8 Å². The van der Waals surface area contributed by atoms with Crippen LogP contribution < -0.4 is 10.2 Å². The van der Waals surface area contributed by atoms with E-state index >= 15 is 0 Å². The van der Waals surface area contributed by atoms with Gasteiger partial charge in [0.2, 0.25) is 11.8 Å². The van der Waals surface area contributed by atoms with E-state index in [-0.39, 0.29) is 22.2 Å². The van der Waals surface area contributed by atoms with Crippen LogP contribution in [0.3, 0.4) is 0 Å². The zero-order chi connectivity index (χ0) is 25.1. The Balaban J connectivity index is 1.46. The molecule has 0 fully saturated rings. The van der Waals surface area contributed by atoms with Gasteiger partial charge in [-0.1, -0.05) is 12.1 Å². The van der Waals surface area contributed by atoms with Crippen LogP contribution in [-0.2, 0) is 9.59 Å². The largest absolute Gasteiger partial charge is 0.322 e. The lowest BCUT2D eigenvalue weighted by Crippen LogP contribution is -2.23. The van der Waals surface area contributed by atoms with Crippen LogP contribution in [0.25, 0.3) is 11.8 Å². The van der Waals surface area contributed by atoms with Crippen molar-refractivity contribution < 1.29 is 18.4 Å². The lowest BCUT2D eigenvalue weighted by molar-refractivity contribution is -0.116. The Kier molecular flexibility index (Phi) is 6.83. The van der Waals surface area contributed by atoms with Crippen LogP contribution in [0, 0.1) is 25.5 Å². The number of para-hydroxylation sites is 1. The first kappa shape index (κ1) is 24.0. The minimum absolute atomic E-state index is 0.0913. The van der Waals surface area contributed by atoms with E-state index in [1.807, 2.05) is 19.9 Å². The molecule has 4 rings (SSSR count). The van der Waals surface area contributed by atoms with Crippen molar-refractivity contribution in [1.29, 1.82) is 0 Å². The summed E-state index contributed by atoms with van der Waals surface area (Å²) in [6.07, 6.45) is 2.70. The monoisotopic (exact) mass is 493 g/mol. The maximum Gasteiger partial charge on any atom is 0.248 e. The van der Waals surface area contributed by atoms with Crippen LogP contribution in [0.15, 0.2) is 60.0 Å². The minimum atomic E-state index is -0.550. The molecule has 0 aliphatic heterocycles. The molecule has 7 nitrogen and oxygen atoms in total. The van der Waals surface area contributed by atoms with Gasteiger partial charge in [-0.05, 0) is 56.3 Å². The van der Waals surface area contributed by atoms with Crippen molar-refractivity contribution in [3.05, 3.63) is 88.7 Å². The van der Waals surface area contributed by atoms with Gasteiger partial charge in [0, 0.05) is 29.8 Å². The van der Waals surface area contributed by atoms with Gasteiger partial charge >= 0.3 is 0 Å². The summed E-state index contributed by atoms with van der Waals surface area (Å²) in [5, 5.41) is 8.78. The van der Waals surface area contributed by atoms with Gasteiger partial charge in [0.1, 0.15) is 11.5 Å². The molecule has 10 heteroatoms. The molecule has 4 aromatic rings. The maximum absolute atomic E-state index is 14.6. The molecule has 2 heterocycles. The molecular weight excluding hydrogens is 472 g/mol. The van der Waals surface area contributed by atoms with Crippen LogP contribution in [-0.4, -0.2) is 26.6 Å². The summed E-state index contributed by atoms with van der Waals surface area (Å²) in [4.78, 5) is 30.0. The summed E-state index contributed by atoms with van der Waals surface area (Å²) in [6.45, 7) is 4.97. The molecule has 178 valence electrons. The van der Waals surface area contributed by atoms with Crippen molar-refractivity contribution >= 4 is 45.7 Å². The SMILES string of the molecule is CC(=O)N(c1nc(/C=C/C(=O)Nc2ccc(-n3nc(C)cc3C)c(F)c2)cs1)c1ccccc1F. The third kappa shape index (κ3) is 5.33. The Morgan fingerprint density at radius 3 is 2.51 bits per heavy atom. The number of hydrogen-bond acceptors (Lipinski definition) is 5. The van der Waals surface area contributed by atoms with E-state index in [2.05, 4.69) is 15.4 Å². The predicted octanol–water partition coefficient (Wildman–Crippen LogP) is 5.56. The Morgan fingerprint density at radius 2 is 1.86 bits per heavy atom. The van der Waals surface area contributed by atoms with Gasteiger partial charge in [-0.2, -0.15) is 5.10 Å². The third-order valence-corrected chi connectivity index (χ3v) is 5.81. The van der Waals surface area contributed by atoms with E-state index in [0.29, 0.717) is 5.69 Å². The summed E-state index contributed by atoms with van der Waals surface area (Å²) in [7, 11) is 0. The van der Waals surface area contributed by atoms with Crippen LogP contribution in [0.5, 0.6) is 0 Å². The zero-order valence-electron chi connectivity index (χ0n) is 19.1. The molecule has 1 N–H and O–H groups in total. The van der Waals surface area contributed by atoms with Crippen molar-refractivity contribution in [2.75, 3.05) is 10.2 Å². The van der Waals surface area contributed by atoms with Crippen molar-refractivity contribution in [2.24, 2.45) is 0 Å². The van der Waals surface area contributed by atoms with Gasteiger partial charge in [0.05, 0.1) is 17.1 Å². The highest BCUT2D eigenvalue weighted by Crippen LogP contribution is 2.31. The smallest absolute Gasteiger partial charge is 0.248 e. The molecule has 0 bridgehead atoms. The number of nitrogens with zero attached hydrogens (tertiary/aromatic N) is 4. The molecule has 2 aromatic carbocycles. The maximum atomic E-state index is 14.6. The Morgan fingerprint density at radius 1 is 1.09 bits per heavy atom. The van der Waals surface area contributed by atoms with Crippen molar-refractivity contribution in [3.63, 3.8) is 0 Å². The summed E-state index contributed by atoms with van der Waals surface area (Å²) in [5.41, 5.74) is 2.63. The normalized spacial score (nSPS) is 11.1. The van der Waals surface area contributed by atoms with E-state index in [9.17, 15) is 18.4 Å².